The summed E-state index contributed by atoms with van der Waals surface area (Å²) in [6, 6.07) is 13.5. The van der Waals surface area contributed by atoms with Crippen LogP contribution in [0.25, 0.3) is 0 Å². The molecule has 1 amide bonds. The molecular weight excluding hydrogens is 369 g/mol. The number of aryl methyl sites for hydroxylation is 1. The van der Waals surface area contributed by atoms with Crippen LogP contribution in [0.15, 0.2) is 42.5 Å². The van der Waals surface area contributed by atoms with Crippen LogP contribution >= 0.6 is 23.2 Å². The second-order valence-corrected chi connectivity index (χ2v) is 7.49. The van der Waals surface area contributed by atoms with Gasteiger partial charge in [-0.2, -0.15) is 0 Å². The number of nitrogens with one attached hydrogen (secondary N) is 1. The smallest absolute Gasteiger partial charge is 0.238 e. The van der Waals surface area contributed by atoms with Crippen LogP contribution in [0, 0.1) is 6.92 Å². The van der Waals surface area contributed by atoms with Crippen LogP contribution in [0.4, 0.5) is 5.69 Å². The first-order valence-corrected chi connectivity index (χ1v) is 9.51. The normalized spacial score (nSPS) is 15.8. The molecule has 0 spiro atoms. The third-order valence-corrected chi connectivity index (χ3v) is 5.25. The quantitative estimate of drug-likeness (QED) is 0.834. The number of rotatable bonds is 5. The second kappa shape index (κ2) is 8.87. The fourth-order valence-electron chi connectivity index (χ4n) is 3.10. The number of hydrogen-bond acceptors (Lipinski definition) is 3. The van der Waals surface area contributed by atoms with E-state index in [1.54, 1.807) is 6.07 Å². The van der Waals surface area contributed by atoms with Crippen LogP contribution in [-0.2, 0) is 11.3 Å². The van der Waals surface area contributed by atoms with Crippen LogP contribution in [0.5, 0.6) is 0 Å². The van der Waals surface area contributed by atoms with Crippen LogP contribution < -0.4 is 5.32 Å². The van der Waals surface area contributed by atoms with Crippen LogP contribution in [0.2, 0.25) is 10.0 Å². The molecule has 0 saturated carbocycles. The first-order chi connectivity index (χ1) is 12.5. The van der Waals surface area contributed by atoms with Crippen molar-refractivity contribution in [3.8, 4) is 0 Å². The molecule has 0 unspecified atom stereocenters. The first kappa shape index (κ1) is 19.2. The van der Waals surface area contributed by atoms with Crippen molar-refractivity contribution in [1.82, 2.24) is 9.80 Å². The van der Waals surface area contributed by atoms with Gasteiger partial charge >= 0.3 is 0 Å². The van der Waals surface area contributed by atoms with Gasteiger partial charge in [-0.25, -0.2) is 0 Å². The molecule has 2 aromatic carbocycles. The summed E-state index contributed by atoms with van der Waals surface area (Å²) in [5.74, 6) is 0.0356. The first-order valence-electron chi connectivity index (χ1n) is 8.75. The lowest BCUT2D eigenvalue weighted by atomic mass is 10.2. The van der Waals surface area contributed by atoms with Crippen molar-refractivity contribution in [1.29, 1.82) is 0 Å². The van der Waals surface area contributed by atoms with Crippen LogP contribution in [0.3, 0.4) is 0 Å². The minimum Gasteiger partial charge on any atom is -0.325 e. The fourth-order valence-corrected chi connectivity index (χ4v) is 3.57. The molecule has 3 rings (SSSR count). The summed E-state index contributed by atoms with van der Waals surface area (Å²) in [4.78, 5) is 16.8. The monoisotopic (exact) mass is 391 g/mol. The number of benzene rings is 2. The summed E-state index contributed by atoms with van der Waals surface area (Å²) in [6.45, 7) is 6.78. The van der Waals surface area contributed by atoms with Gasteiger partial charge in [0.05, 0.1) is 6.54 Å². The largest absolute Gasteiger partial charge is 0.325 e. The van der Waals surface area contributed by atoms with Gasteiger partial charge in [0, 0.05) is 48.5 Å². The number of carbonyl (C=O) groups is 1. The predicted molar refractivity (Wildman–Crippen MR) is 108 cm³/mol. The Kier molecular flexibility index (Phi) is 6.54. The van der Waals surface area contributed by atoms with Crippen molar-refractivity contribution >= 4 is 34.8 Å². The van der Waals surface area contributed by atoms with E-state index in [2.05, 4.69) is 15.1 Å². The van der Waals surface area contributed by atoms with Crippen molar-refractivity contribution < 1.29 is 4.79 Å². The van der Waals surface area contributed by atoms with Gasteiger partial charge in [0.15, 0.2) is 0 Å². The lowest BCUT2D eigenvalue weighted by Crippen LogP contribution is -2.48. The van der Waals surface area contributed by atoms with Gasteiger partial charge < -0.3 is 5.32 Å². The number of anilines is 1. The van der Waals surface area contributed by atoms with E-state index < -0.39 is 0 Å². The fraction of sp³-hybridized carbons (Fsp3) is 0.350. The van der Waals surface area contributed by atoms with Gasteiger partial charge in [-0.3, -0.25) is 14.6 Å². The molecule has 1 fully saturated rings. The average Bonchev–Trinajstić information content (AvgIpc) is 2.61. The lowest BCUT2D eigenvalue weighted by molar-refractivity contribution is -0.117. The van der Waals surface area contributed by atoms with E-state index in [4.69, 9.17) is 23.2 Å². The molecule has 1 heterocycles. The molecule has 0 aliphatic carbocycles. The summed E-state index contributed by atoms with van der Waals surface area (Å²) in [7, 11) is 0. The number of amides is 1. The molecule has 1 saturated heterocycles. The van der Waals surface area contributed by atoms with Crippen molar-refractivity contribution in [3.05, 3.63) is 63.6 Å². The van der Waals surface area contributed by atoms with Gasteiger partial charge in [-0.05, 0) is 36.2 Å². The Morgan fingerprint density at radius 3 is 2.42 bits per heavy atom. The molecule has 0 bridgehead atoms. The zero-order valence-electron chi connectivity index (χ0n) is 14.8. The molecule has 1 N–H and O–H groups in total. The predicted octanol–water partition coefficient (Wildman–Crippen LogP) is 4.06. The summed E-state index contributed by atoms with van der Waals surface area (Å²) in [6.07, 6.45) is 0. The molecule has 0 radical (unpaired) electrons. The SMILES string of the molecule is Cc1ccccc1NC(=O)CN1CCN(Cc2ccc(Cl)cc2Cl)CC1. The lowest BCUT2D eigenvalue weighted by Gasteiger charge is -2.34. The van der Waals surface area contributed by atoms with Gasteiger partial charge in [0.25, 0.3) is 0 Å². The topological polar surface area (TPSA) is 35.6 Å². The van der Waals surface area contributed by atoms with Gasteiger partial charge in [0.1, 0.15) is 0 Å². The van der Waals surface area contributed by atoms with E-state index in [1.807, 2.05) is 43.3 Å². The Morgan fingerprint density at radius 2 is 1.73 bits per heavy atom. The highest BCUT2D eigenvalue weighted by atomic mass is 35.5. The number of hydrogen-bond donors (Lipinski definition) is 1. The Morgan fingerprint density at radius 1 is 1.04 bits per heavy atom. The third kappa shape index (κ3) is 5.21. The van der Waals surface area contributed by atoms with E-state index in [9.17, 15) is 4.79 Å². The number of carbonyl (C=O) groups excluding carboxylic acids is 1. The molecule has 1 aliphatic rings. The number of nitrogens with zero attached hydrogens (tertiary/aromatic N) is 2. The Hall–Kier alpha value is -1.59. The van der Waals surface area contributed by atoms with Gasteiger partial charge in [0.2, 0.25) is 5.91 Å². The maximum absolute atomic E-state index is 12.3. The maximum Gasteiger partial charge on any atom is 0.238 e. The maximum atomic E-state index is 12.3. The Balaban J connectivity index is 1.46. The van der Waals surface area contributed by atoms with Gasteiger partial charge in [-0.1, -0.05) is 47.5 Å². The Labute approximate surface area is 164 Å². The van der Waals surface area contributed by atoms with Crippen molar-refractivity contribution in [2.75, 3.05) is 38.0 Å². The van der Waals surface area contributed by atoms with E-state index in [0.29, 0.717) is 16.6 Å². The summed E-state index contributed by atoms with van der Waals surface area (Å²) in [5.41, 5.74) is 3.04. The van der Waals surface area contributed by atoms with E-state index in [0.717, 1.165) is 49.5 Å². The van der Waals surface area contributed by atoms with Crippen molar-refractivity contribution in [3.63, 3.8) is 0 Å². The van der Waals surface area contributed by atoms with E-state index in [1.165, 1.54) is 0 Å². The molecule has 2 aromatic rings. The molecule has 1 aliphatic heterocycles. The molecule has 0 atom stereocenters. The average molecular weight is 392 g/mol. The van der Waals surface area contributed by atoms with Gasteiger partial charge in [-0.15, -0.1) is 0 Å². The third-order valence-electron chi connectivity index (χ3n) is 4.66. The van der Waals surface area contributed by atoms with Crippen molar-refractivity contribution in [2.24, 2.45) is 0 Å². The molecule has 4 nitrogen and oxygen atoms in total. The number of piperazine rings is 1. The minimum atomic E-state index is 0.0356. The summed E-state index contributed by atoms with van der Waals surface area (Å²) < 4.78 is 0. The Bertz CT molecular complexity index is 773. The molecule has 6 heteroatoms. The molecule has 26 heavy (non-hydrogen) atoms. The number of halogens is 2. The highest BCUT2D eigenvalue weighted by molar-refractivity contribution is 6.35. The molecule has 0 aromatic heterocycles. The molecule has 138 valence electrons. The van der Waals surface area contributed by atoms with Crippen LogP contribution in [-0.4, -0.2) is 48.4 Å². The zero-order valence-corrected chi connectivity index (χ0v) is 16.4. The highest BCUT2D eigenvalue weighted by Gasteiger charge is 2.20. The molecular formula is C20H23Cl2N3O. The summed E-state index contributed by atoms with van der Waals surface area (Å²) in [5, 5.41) is 4.36. The minimum absolute atomic E-state index is 0.0356. The zero-order chi connectivity index (χ0) is 18.5. The van der Waals surface area contributed by atoms with Crippen LogP contribution in [0.1, 0.15) is 11.1 Å². The number of para-hydroxylation sites is 1. The summed E-state index contributed by atoms with van der Waals surface area (Å²) >= 11 is 12.2. The van der Waals surface area contributed by atoms with E-state index in [-0.39, 0.29) is 5.91 Å². The highest BCUT2D eigenvalue weighted by Crippen LogP contribution is 2.22. The van der Waals surface area contributed by atoms with E-state index >= 15 is 0 Å². The standard InChI is InChI=1S/C20H23Cl2N3O/c1-15-4-2-3-5-19(15)23-20(26)14-25-10-8-24(9-11-25)13-16-6-7-17(21)12-18(16)22/h2-7,12H,8-11,13-14H2,1H3,(H,23,26). The van der Waals surface area contributed by atoms with Crippen molar-refractivity contribution in [2.45, 2.75) is 13.5 Å². The second-order valence-electron chi connectivity index (χ2n) is 6.65.